The van der Waals surface area contributed by atoms with Crippen LogP contribution < -0.4 is 26.5 Å². The topological polar surface area (TPSA) is 167 Å². The number of aromatic amines is 1. The van der Waals surface area contributed by atoms with Gasteiger partial charge in [0.2, 0.25) is 0 Å². The largest absolute Gasteiger partial charge is 0.497 e. The Hall–Kier alpha value is -4.30. The highest BCUT2D eigenvalue weighted by molar-refractivity contribution is 5.49. The summed E-state index contributed by atoms with van der Waals surface area (Å²) in [4.78, 5) is 27.1. The number of nitrogens with zero attached hydrogens (tertiary/aromatic N) is 1. The number of aromatic nitrogens is 2. The van der Waals surface area contributed by atoms with E-state index in [1.54, 1.807) is 14.2 Å². The fourth-order valence-electron chi connectivity index (χ4n) is 5.53. The van der Waals surface area contributed by atoms with Gasteiger partial charge < -0.3 is 39.6 Å². The van der Waals surface area contributed by atoms with E-state index < -0.39 is 54.2 Å². The second kappa shape index (κ2) is 13.8. The maximum absolute atomic E-state index is 12.8. The zero-order chi connectivity index (χ0) is 32.1. The predicted molar refractivity (Wildman–Crippen MR) is 164 cm³/mol. The van der Waals surface area contributed by atoms with E-state index >= 15 is 0 Å². The molecule has 0 saturated carbocycles. The molecule has 12 heteroatoms. The van der Waals surface area contributed by atoms with Crippen molar-refractivity contribution < 1.29 is 33.9 Å². The third kappa shape index (κ3) is 6.43. The summed E-state index contributed by atoms with van der Waals surface area (Å²) in [5.74, 6) is 1.32. The number of aryl methyl sites for hydroxylation is 1. The minimum absolute atomic E-state index is 0.171. The smallest absolute Gasteiger partial charge is 0.330 e. The summed E-state index contributed by atoms with van der Waals surface area (Å²) in [5, 5.41) is 21.1. The summed E-state index contributed by atoms with van der Waals surface area (Å²) < 4.78 is 30.8. The van der Waals surface area contributed by atoms with Crippen molar-refractivity contribution in [1.82, 2.24) is 9.55 Å². The van der Waals surface area contributed by atoms with Crippen LogP contribution in [0, 0.1) is 6.92 Å². The van der Waals surface area contributed by atoms with E-state index in [-0.39, 0.29) is 12.2 Å². The van der Waals surface area contributed by atoms with Crippen molar-refractivity contribution in [2.75, 3.05) is 27.4 Å². The number of aliphatic hydroxyl groups excluding tert-OH is 2. The first kappa shape index (κ1) is 32.1. The molecule has 0 radical (unpaired) electrons. The summed E-state index contributed by atoms with van der Waals surface area (Å²) in [6.07, 6.45) is -4.58. The SMILES string of the molecule is COc1ccc(C(OC[C@@H]2O[C@H](n3cc(C)c(=O)[nH]c3=O)C(OC(N)CO)C2O)(c2ccccc2)c2ccc(OC)cc2)cc1. The van der Waals surface area contributed by atoms with E-state index in [0.717, 1.165) is 21.3 Å². The molecule has 5 N–H and O–H groups in total. The van der Waals surface area contributed by atoms with Crippen LogP contribution in [0.25, 0.3) is 0 Å². The number of aliphatic hydroxyl groups is 2. The summed E-state index contributed by atoms with van der Waals surface area (Å²) in [7, 11) is 3.18. The molecule has 3 unspecified atom stereocenters. The van der Waals surface area contributed by atoms with Crippen molar-refractivity contribution in [3.63, 3.8) is 0 Å². The van der Waals surface area contributed by atoms with Gasteiger partial charge in [0.1, 0.15) is 41.6 Å². The van der Waals surface area contributed by atoms with Gasteiger partial charge in [-0.2, -0.15) is 0 Å². The van der Waals surface area contributed by atoms with Gasteiger partial charge >= 0.3 is 5.69 Å². The average Bonchev–Trinajstić information content (AvgIpc) is 3.37. The fourth-order valence-corrected chi connectivity index (χ4v) is 5.53. The molecular weight excluding hydrogens is 582 g/mol. The van der Waals surface area contributed by atoms with Gasteiger partial charge in [0.15, 0.2) is 6.23 Å². The predicted octanol–water partition coefficient (Wildman–Crippen LogP) is 1.79. The van der Waals surface area contributed by atoms with Gasteiger partial charge in [-0.15, -0.1) is 0 Å². The number of benzene rings is 3. The lowest BCUT2D eigenvalue weighted by molar-refractivity contribution is -0.114. The highest BCUT2D eigenvalue weighted by Gasteiger charge is 2.48. The van der Waals surface area contributed by atoms with Crippen molar-refractivity contribution in [3.8, 4) is 11.5 Å². The van der Waals surface area contributed by atoms with Gasteiger partial charge in [-0.05, 0) is 47.9 Å². The third-order valence-electron chi connectivity index (χ3n) is 7.88. The molecule has 1 aliphatic rings. The Morgan fingerprint density at radius 2 is 1.49 bits per heavy atom. The standard InChI is InChI=1S/C33H37N3O9/c1-20-17-36(32(40)35-30(20)39)31-29(45-27(34)18-37)28(38)26(44-31)19-43-33(21-7-5-4-6-8-21,22-9-13-24(41-2)14-10-22)23-11-15-25(42-3)16-12-23/h4-17,26-29,31,37-38H,18-19,34H2,1-3H3,(H,35,39,40)/t26-,27?,28?,29?,31-/m0/s1. The molecule has 0 aliphatic carbocycles. The van der Waals surface area contributed by atoms with Crippen LogP contribution in [0.3, 0.4) is 0 Å². The molecular formula is C33H37N3O9. The molecule has 0 bridgehead atoms. The van der Waals surface area contributed by atoms with Crippen molar-refractivity contribution in [2.24, 2.45) is 5.73 Å². The Bertz CT molecular complexity index is 1630. The second-order valence-corrected chi connectivity index (χ2v) is 10.7. The highest BCUT2D eigenvalue weighted by atomic mass is 16.6. The van der Waals surface area contributed by atoms with Gasteiger partial charge in [0, 0.05) is 11.8 Å². The number of H-pyrrole nitrogens is 1. The molecule has 1 fully saturated rings. The molecule has 3 aromatic carbocycles. The number of nitrogens with one attached hydrogen (secondary N) is 1. The van der Waals surface area contributed by atoms with Gasteiger partial charge in [-0.1, -0.05) is 54.6 Å². The van der Waals surface area contributed by atoms with Gasteiger partial charge in [0.25, 0.3) is 5.56 Å². The number of hydrogen-bond acceptors (Lipinski definition) is 10. The Labute approximate surface area is 259 Å². The molecule has 12 nitrogen and oxygen atoms in total. The molecule has 238 valence electrons. The van der Waals surface area contributed by atoms with E-state index in [0.29, 0.717) is 11.5 Å². The number of ether oxygens (including phenoxy) is 5. The van der Waals surface area contributed by atoms with Crippen molar-refractivity contribution in [3.05, 3.63) is 128 Å². The molecule has 45 heavy (non-hydrogen) atoms. The van der Waals surface area contributed by atoms with Crippen LogP contribution in [-0.4, -0.2) is 71.7 Å². The second-order valence-electron chi connectivity index (χ2n) is 10.7. The highest BCUT2D eigenvalue weighted by Crippen LogP contribution is 2.43. The van der Waals surface area contributed by atoms with Crippen molar-refractivity contribution >= 4 is 0 Å². The zero-order valence-electron chi connectivity index (χ0n) is 25.2. The summed E-state index contributed by atoms with van der Waals surface area (Å²) in [6, 6.07) is 24.5. The summed E-state index contributed by atoms with van der Waals surface area (Å²) in [5.41, 5.74) is 5.95. The number of methoxy groups -OCH3 is 2. The lowest BCUT2D eigenvalue weighted by Gasteiger charge is -2.37. The third-order valence-corrected chi connectivity index (χ3v) is 7.88. The van der Waals surface area contributed by atoms with Crippen LogP contribution in [-0.2, 0) is 19.8 Å². The van der Waals surface area contributed by atoms with E-state index in [4.69, 9.17) is 29.4 Å². The molecule has 2 heterocycles. The number of hydrogen-bond donors (Lipinski definition) is 4. The normalized spacial score (nSPS) is 20.6. The van der Waals surface area contributed by atoms with Crippen LogP contribution in [0.5, 0.6) is 11.5 Å². The Kier molecular flexibility index (Phi) is 9.83. The van der Waals surface area contributed by atoms with E-state index in [9.17, 15) is 19.8 Å². The van der Waals surface area contributed by atoms with E-state index in [1.807, 2.05) is 78.9 Å². The summed E-state index contributed by atoms with van der Waals surface area (Å²) >= 11 is 0. The van der Waals surface area contributed by atoms with Crippen LogP contribution in [0.2, 0.25) is 0 Å². The Balaban J connectivity index is 1.58. The molecule has 1 aromatic heterocycles. The monoisotopic (exact) mass is 619 g/mol. The first-order valence-electron chi connectivity index (χ1n) is 14.4. The summed E-state index contributed by atoms with van der Waals surface area (Å²) in [6.45, 7) is 0.826. The molecule has 1 saturated heterocycles. The van der Waals surface area contributed by atoms with Gasteiger partial charge in [-0.25, -0.2) is 4.79 Å². The van der Waals surface area contributed by atoms with Crippen molar-refractivity contribution in [2.45, 2.75) is 43.3 Å². The van der Waals surface area contributed by atoms with Gasteiger partial charge in [-0.3, -0.25) is 14.3 Å². The quantitative estimate of drug-likeness (QED) is 0.136. The minimum Gasteiger partial charge on any atom is -0.497 e. The number of nitrogens with two attached hydrogens (primary N) is 1. The van der Waals surface area contributed by atoms with Crippen molar-refractivity contribution in [1.29, 1.82) is 0 Å². The van der Waals surface area contributed by atoms with E-state index in [1.165, 1.54) is 13.1 Å². The minimum atomic E-state index is -1.34. The maximum atomic E-state index is 12.8. The lowest BCUT2D eigenvalue weighted by Crippen LogP contribution is -2.44. The molecule has 4 aromatic rings. The maximum Gasteiger partial charge on any atom is 0.330 e. The fraction of sp³-hybridized carbons (Fsp3) is 0.333. The van der Waals surface area contributed by atoms with Crippen LogP contribution in [0.15, 0.2) is 94.6 Å². The first-order valence-corrected chi connectivity index (χ1v) is 14.4. The molecule has 0 spiro atoms. The first-order chi connectivity index (χ1) is 21.7. The molecule has 5 atom stereocenters. The molecule has 5 rings (SSSR count). The van der Waals surface area contributed by atoms with Crippen LogP contribution in [0.1, 0.15) is 28.5 Å². The van der Waals surface area contributed by atoms with E-state index in [2.05, 4.69) is 4.98 Å². The lowest BCUT2D eigenvalue weighted by atomic mass is 9.80. The molecule has 0 amide bonds. The van der Waals surface area contributed by atoms with Gasteiger partial charge in [0.05, 0.1) is 27.4 Å². The van der Waals surface area contributed by atoms with Crippen LogP contribution in [0.4, 0.5) is 0 Å². The number of rotatable bonds is 12. The van der Waals surface area contributed by atoms with Crippen LogP contribution >= 0.6 is 0 Å². The molecule has 1 aliphatic heterocycles. The Morgan fingerprint density at radius 1 is 0.933 bits per heavy atom. The average molecular weight is 620 g/mol. The zero-order valence-corrected chi connectivity index (χ0v) is 25.2. The Morgan fingerprint density at radius 3 is 2.02 bits per heavy atom.